The molecule has 4 aromatic rings. The highest BCUT2D eigenvalue weighted by Gasteiger charge is 2.20. The van der Waals surface area contributed by atoms with Crippen LogP contribution < -0.4 is 19.2 Å². The van der Waals surface area contributed by atoms with Crippen molar-refractivity contribution in [3.05, 3.63) is 83.4 Å². The molecule has 0 amide bonds. The zero-order valence-corrected chi connectivity index (χ0v) is 23.8. The fourth-order valence-electron chi connectivity index (χ4n) is 4.02. The van der Waals surface area contributed by atoms with E-state index in [4.69, 9.17) is 19.5 Å². The van der Waals surface area contributed by atoms with Crippen LogP contribution in [-0.2, 0) is 6.67 Å². The summed E-state index contributed by atoms with van der Waals surface area (Å²) in [6.45, 7) is 6.07. The topological polar surface area (TPSA) is 60.7 Å². The van der Waals surface area contributed by atoms with E-state index >= 15 is 0 Å². The molecule has 0 unspecified atom stereocenters. The molecule has 0 bridgehead atoms. The molecule has 0 atom stereocenters. The molecule has 0 aliphatic carbocycles. The lowest BCUT2D eigenvalue weighted by molar-refractivity contribution is -0.00603. The Kier molecular flexibility index (Phi) is 12.3. The maximum absolute atomic E-state index is 14.2. The number of hydrogen-bond donors (Lipinski definition) is 0. The molecule has 0 aliphatic rings. The molecule has 42 heavy (non-hydrogen) atoms. The van der Waals surface area contributed by atoms with Crippen LogP contribution in [0.25, 0.3) is 21.9 Å². The fourth-order valence-corrected chi connectivity index (χ4v) is 4.02. The van der Waals surface area contributed by atoms with Gasteiger partial charge in [-0.1, -0.05) is 32.9 Å². The van der Waals surface area contributed by atoms with Gasteiger partial charge < -0.3 is 14.2 Å². The van der Waals surface area contributed by atoms with Gasteiger partial charge in [0.25, 0.3) is 0 Å². The van der Waals surface area contributed by atoms with E-state index in [2.05, 4.69) is 4.94 Å². The number of fused-ring (bicyclic) bond motifs is 1. The lowest BCUT2D eigenvalue weighted by Gasteiger charge is -2.19. The molecule has 9 heteroatoms. The van der Waals surface area contributed by atoms with E-state index in [0.29, 0.717) is 48.2 Å². The van der Waals surface area contributed by atoms with E-state index in [9.17, 15) is 17.7 Å². The third-order valence-corrected chi connectivity index (χ3v) is 6.03. The van der Waals surface area contributed by atoms with E-state index in [-0.39, 0.29) is 11.3 Å². The molecule has 0 saturated heterocycles. The summed E-state index contributed by atoms with van der Waals surface area (Å²) in [7, 11) is 0. The number of rotatable bonds is 12. The first-order valence-electron chi connectivity index (χ1n) is 13.7. The minimum absolute atomic E-state index is 0.169. The normalized spacial score (nSPS) is 10.4. The summed E-state index contributed by atoms with van der Waals surface area (Å²) in [4.78, 5) is 3.61. The monoisotopic (exact) mass is 583 g/mol. The summed E-state index contributed by atoms with van der Waals surface area (Å²) in [5.41, 5.74) is 0.658. The quantitative estimate of drug-likeness (QED) is 0.156. The Labute approximate surface area is 243 Å². The summed E-state index contributed by atoms with van der Waals surface area (Å²) in [6.07, 6.45) is 2.35. The third-order valence-electron chi connectivity index (χ3n) is 6.03. The van der Waals surface area contributed by atoms with Crippen molar-refractivity contribution in [2.24, 2.45) is 0 Å². The average Bonchev–Trinajstić information content (AvgIpc) is 3.01. The summed E-state index contributed by atoms with van der Waals surface area (Å²) in [6, 6.07) is 17.6. The fraction of sp³-hybridized carbons (Fsp3) is 0.303. The minimum atomic E-state index is -1.21. The minimum Gasteiger partial charge on any atom is -0.493 e. The summed E-state index contributed by atoms with van der Waals surface area (Å²) in [5, 5.41) is 10.4. The molecule has 0 aromatic heterocycles. The van der Waals surface area contributed by atoms with Gasteiger partial charge in [-0.05, 0) is 72.0 Å². The molecule has 4 aromatic carbocycles. The smallest absolute Gasteiger partial charge is 0.172 e. The van der Waals surface area contributed by atoms with Crippen molar-refractivity contribution in [3.63, 3.8) is 0 Å². The van der Waals surface area contributed by atoms with Gasteiger partial charge in [-0.15, -0.1) is 0 Å². The van der Waals surface area contributed by atoms with Crippen LogP contribution in [-0.4, -0.2) is 19.8 Å². The lowest BCUT2D eigenvalue weighted by atomic mass is 10.0. The number of ether oxygens (including phenoxy) is 3. The van der Waals surface area contributed by atoms with Crippen molar-refractivity contribution in [2.45, 2.75) is 46.7 Å². The largest absolute Gasteiger partial charge is 0.493 e. The predicted octanol–water partition coefficient (Wildman–Crippen LogP) is 9.44. The molecule has 0 aliphatic heterocycles. The molecule has 0 N–H and O–H groups in total. The van der Waals surface area contributed by atoms with Gasteiger partial charge in [-0.3, -0.25) is 4.94 Å². The van der Waals surface area contributed by atoms with Crippen LogP contribution in [0, 0.1) is 23.0 Å². The van der Waals surface area contributed by atoms with Crippen LogP contribution >= 0.6 is 0 Å². The van der Waals surface area contributed by atoms with Crippen molar-refractivity contribution >= 4 is 10.8 Å². The van der Waals surface area contributed by atoms with Crippen molar-refractivity contribution < 1.29 is 36.8 Å². The van der Waals surface area contributed by atoms with Gasteiger partial charge in [0, 0.05) is 16.7 Å². The zero-order valence-electron chi connectivity index (χ0n) is 23.8. The van der Waals surface area contributed by atoms with Gasteiger partial charge in [-0.25, -0.2) is 13.2 Å². The van der Waals surface area contributed by atoms with Crippen molar-refractivity contribution in [1.29, 1.82) is 5.26 Å². The molecule has 4 rings (SSSR count). The zero-order chi connectivity index (χ0) is 30.5. The highest BCUT2D eigenvalue weighted by Crippen LogP contribution is 2.43. The van der Waals surface area contributed by atoms with Gasteiger partial charge in [0.2, 0.25) is 0 Å². The summed E-state index contributed by atoms with van der Waals surface area (Å²) >= 11 is 0. The second-order valence-corrected chi connectivity index (χ2v) is 9.30. The molecule has 0 fully saturated rings. The molecule has 222 valence electrons. The maximum atomic E-state index is 14.2. The van der Waals surface area contributed by atoms with Gasteiger partial charge >= 0.3 is 0 Å². The van der Waals surface area contributed by atoms with E-state index in [0.717, 1.165) is 42.2 Å². The lowest BCUT2D eigenvalue weighted by Crippen LogP contribution is -2.04. The Morgan fingerprint density at radius 3 is 1.76 bits per heavy atom. The SMILES string of the molecule is CCCOc1cc(OCCC)c(-c2cc(F)c(CF)c(F)c2)c(OCCC)c1.N#Cc1ccc2cc(OF)ccc2c1. The summed E-state index contributed by atoms with van der Waals surface area (Å²) < 4.78 is 70.6. The Hall–Kier alpha value is -4.45. The van der Waals surface area contributed by atoms with Crippen LogP contribution in [0.2, 0.25) is 0 Å². The van der Waals surface area contributed by atoms with E-state index < -0.39 is 23.9 Å². The predicted molar refractivity (Wildman–Crippen MR) is 154 cm³/mol. The first-order valence-corrected chi connectivity index (χ1v) is 13.7. The van der Waals surface area contributed by atoms with Crippen LogP contribution in [0.1, 0.15) is 51.2 Å². The number of nitriles is 1. The van der Waals surface area contributed by atoms with Gasteiger partial charge in [-0.2, -0.15) is 5.26 Å². The average molecular weight is 584 g/mol. The van der Waals surface area contributed by atoms with Crippen LogP contribution in [0.15, 0.2) is 60.7 Å². The molecule has 0 heterocycles. The van der Waals surface area contributed by atoms with Crippen molar-refractivity contribution in [3.8, 4) is 40.2 Å². The standard InChI is InChI=1S/C22H27F3O3.C11H6FNO/c1-4-7-26-16-12-20(27-8-5-2)22(21(13-16)28-9-6-3)15-10-18(24)17(14-23)19(25)11-15;12-14-11-4-3-9-5-8(7-13)1-2-10(9)6-11/h10-13H,4-9,14H2,1-3H3;1-6H. The highest BCUT2D eigenvalue weighted by atomic mass is 19.3. The molecular formula is C33H33F4NO4. The van der Waals surface area contributed by atoms with Gasteiger partial charge in [0.1, 0.15) is 35.6 Å². The van der Waals surface area contributed by atoms with Gasteiger partial charge in [0.05, 0.1) is 42.6 Å². The molecular weight excluding hydrogens is 550 g/mol. The Morgan fingerprint density at radius 1 is 0.690 bits per heavy atom. The van der Waals surface area contributed by atoms with Gasteiger partial charge in [0.15, 0.2) is 5.75 Å². The van der Waals surface area contributed by atoms with Crippen LogP contribution in [0.4, 0.5) is 17.7 Å². The Bertz CT molecular complexity index is 1470. The van der Waals surface area contributed by atoms with Crippen molar-refractivity contribution in [2.75, 3.05) is 19.8 Å². The second kappa shape index (κ2) is 16.1. The molecule has 0 radical (unpaired) electrons. The summed E-state index contributed by atoms with van der Waals surface area (Å²) in [5.74, 6) is -0.327. The van der Waals surface area contributed by atoms with E-state index in [1.807, 2.05) is 26.8 Å². The first kappa shape index (κ1) is 32.1. The van der Waals surface area contributed by atoms with Crippen LogP contribution in [0.5, 0.6) is 23.0 Å². The second-order valence-electron chi connectivity index (χ2n) is 9.30. The van der Waals surface area contributed by atoms with E-state index in [1.165, 1.54) is 6.07 Å². The maximum Gasteiger partial charge on any atom is 0.172 e. The number of hydrogen-bond acceptors (Lipinski definition) is 5. The number of alkyl halides is 1. The van der Waals surface area contributed by atoms with Crippen LogP contribution in [0.3, 0.4) is 0 Å². The molecule has 5 nitrogen and oxygen atoms in total. The van der Waals surface area contributed by atoms with Crippen molar-refractivity contribution in [1.82, 2.24) is 0 Å². The van der Waals surface area contributed by atoms with E-state index in [1.54, 1.807) is 42.5 Å². The molecule has 0 spiro atoms. The Morgan fingerprint density at radius 2 is 1.24 bits per heavy atom. The first-order chi connectivity index (χ1) is 20.4. The Balaban J connectivity index is 0.000000287. The molecule has 0 saturated carbocycles. The number of nitrogens with zero attached hydrogens (tertiary/aromatic N) is 1. The number of halogens is 4. The highest BCUT2D eigenvalue weighted by molar-refractivity contribution is 5.85. The number of benzene rings is 4. The third kappa shape index (κ3) is 8.29.